The maximum Gasteiger partial charge on any atom is 0.166 e. The summed E-state index contributed by atoms with van der Waals surface area (Å²) in [5.74, 6) is 0.289. The molecule has 8 heteroatoms. The van der Waals surface area contributed by atoms with E-state index in [0.717, 1.165) is 22.5 Å². The minimum absolute atomic E-state index is 0.111. The summed E-state index contributed by atoms with van der Waals surface area (Å²) in [6, 6.07) is 8.18. The van der Waals surface area contributed by atoms with E-state index >= 15 is 0 Å². The second-order valence-corrected chi connectivity index (χ2v) is 6.66. The van der Waals surface area contributed by atoms with Crippen LogP contribution < -0.4 is 15.8 Å². The van der Waals surface area contributed by atoms with E-state index < -0.39 is 0 Å². The highest BCUT2D eigenvalue weighted by Gasteiger charge is 2.18. The Kier molecular flexibility index (Phi) is 4.99. The fourth-order valence-electron chi connectivity index (χ4n) is 3.41. The minimum Gasteiger partial charge on any atom is -0.485 e. The van der Waals surface area contributed by atoms with E-state index in [1.807, 2.05) is 13.0 Å². The first-order valence-corrected chi connectivity index (χ1v) is 9.28. The van der Waals surface area contributed by atoms with Gasteiger partial charge in [0.2, 0.25) is 0 Å². The number of rotatable bonds is 3. The Morgan fingerprint density at radius 2 is 2.21 bits per heavy atom. The van der Waals surface area contributed by atoms with Crippen molar-refractivity contribution in [2.45, 2.75) is 20.0 Å². The average molecular weight is 392 g/mol. The van der Waals surface area contributed by atoms with Crippen LogP contribution >= 0.6 is 0 Å². The lowest BCUT2D eigenvalue weighted by molar-refractivity contribution is 0.305. The molecule has 1 aliphatic heterocycles. The number of benzene rings is 1. The molecule has 29 heavy (non-hydrogen) atoms. The van der Waals surface area contributed by atoms with Crippen molar-refractivity contribution in [3.63, 3.8) is 0 Å². The largest absolute Gasteiger partial charge is 0.485 e. The quantitative estimate of drug-likeness (QED) is 0.595. The zero-order valence-corrected chi connectivity index (χ0v) is 15.9. The highest BCUT2D eigenvalue weighted by atomic mass is 19.1. The molecule has 0 saturated heterocycles. The number of pyridine rings is 1. The molecular formula is C21H21FN6O. The lowest BCUT2D eigenvalue weighted by Crippen LogP contribution is -2.17. The lowest BCUT2D eigenvalue weighted by Gasteiger charge is -2.19. The maximum atomic E-state index is 13.9. The van der Waals surface area contributed by atoms with E-state index in [1.54, 1.807) is 29.2 Å². The smallest absolute Gasteiger partial charge is 0.166 e. The molecule has 0 amide bonds. The Morgan fingerprint density at radius 1 is 1.34 bits per heavy atom. The molecule has 0 unspecified atom stereocenters. The summed E-state index contributed by atoms with van der Waals surface area (Å²) in [4.78, 5) is 4.25. The standard InChI is InChI=1S/C21H21FN6O/c1-2-25-20-13(10-23)8-17-5-6-27-28(17)18-4-3-16(22)7-15(18)12-29-19-9-14(20)11-26-21(19)24/h3-7,9-11,23,25H,2,8,12H2,1H3,(H2,24,26)/b20-13-,23-10?. The van der Waals surface area contributed by atoms with Gasteiger partial charge in [-0.2, -0.15) is 5.10 Å². The molecule has 1 aromatic carbocycles. The van der Waals surface area contributed by atoms with Gasteiger partial charge in [0.05, 0.1) is 5.69 Å². The van der Waals surface area contributed by atoms with Gasteiger partial charge in [0.15, 0.2) is 11.6 Å². The minimum atomic E-state index is -0.359. The summed E-state index contributed by atoms with van der Waals surface area (Å²) in [7, 11) is 0. The number of hydrogen-bond acceptors (Lipinski definition) is 6. The molecule has 0 fully saturated rings. The second-order valence-electron chi connectivity index (χ2n) is 6.66. The Balaban J connectivity index is 1.96. The third-order valence-electron chi connectivity index (χ3n) is 4.76. The summed E-state index contributed by atoms with van der Waals surface area (Å²) in [5.41, 5.74) is 10.5. The number of nitrogens with zero attached hydrogens (tertiary/aromatic N) is 3. The summed E-state index contributed by atoms with van der Waals surface area (Å²) in [6.45, 7) is 2.77. The van der Waals surface area contributed by atoms with Crippen LogP contribution in [-0.2, 0) is 13.0 Å². The van der Waals surface area contributed by atoms with E-state index in [0.29, 0.717) is 30.0 Å². The number of anilines is 1. The molecule has 0 saturated carbocycles. The molecule has 0 atom stereocenters. The first-order valence-electron chi connectivity index (χ1n) is 9.28. The van der Waals surface area contributed by atoms with Crippen molar-refractivity contribution < 1.29 is 9.13 Å². The monoisotopic (exact) mass is 392 g/mol. The van der Waals surface area contributed by atoms with Gasteiger partial charge in [-0.15, -0.1) is 0 Å². The summed E-state index contributed by atoms with van der Waals surface area (Å²) >= 11 is 0. The van der Waals surface area contributed by atoms with Crippen LogP contribution in [0.25, 0.3) is 11.4 Å². The molecule has 3 heterocycles. The molecule has 3 aromatic rings. The lowest BCUT2D eigenvalue weighted by atomic mass is 10.0. The van der Waals surface area contributed by atoms with Gasteiger partial charge >= 0.3 is 0 Å². The van der Waals surface area contributed by atoms with Gasteiger partial charge in [-0.25, -0.2) is 14.1 Å². The number of nitrogens with two attached hydrogens (primary N) is 1. The van der Waals surface area contributed by atoms with Crippen molar-refractivity contribution in [1.82, 2.24) is 20.1 Å². The van der Waals surface area contributed by atoms with Crippen molar-refractivity contribution in [3.05, 3.63) is 70.9 Å². The van der Waals surface area contributed by atoms with Crippen LogP contribution in [-0.4, -0.2) is 27.5 Å². The van der Waals surface area contributed by atoms with Crippen LogP contribution in [0.4, 0.5) is 10.2 Å². The Labute approximate surface area is 167 Å². The van der Waals surface area contributed by atoms with Crippen molar-refractivity contribution in [2.75, 3.05) is 12.3 Å². The third kappa shape index (κ3) is 3.56. The van der Waals surface area contributed by atoms with Crippen molar-refractivity contribution in [2.24, 2.45) is 0 Å². The molecule has 1 aliphatic rings. The van der Waals surface area contributed by atoms with Crippen LogP contribution in [0, 0.1) is 11.2 Å². The van der Waals surface area contributed by atoms with E-state index in [4.69, 9.17) is 15.9 Å². The zero-order valence-electron chi connectivity index (χ0n) is 15.9. The molecule has 2 bridgehead atoms. The van der Waals surface area contributed by atoms with Crippen LogP contribution in [0.1, 0.15) is 23.7 Å². The fraction of sp³-hybridized carbons (Fsp3) is 0.190. The fourth-order valence-corrected chi connectivity index (χ4v) is 3.41. The van der Waals surface area contributed by atoms with Crippen LogP contribution in [0.2, 0.25) is 0 Å². The molecule has 0 radical (unpaired) electrons. The molecular weight excluding hydrogens is 371 g/mol. The van der Waals surface area contributed by atoms with Gasteiger partial charge in [0.25, 0.3) is 0 Å². The van der Waals surface area contributed by atoms with E-state index in [-0.39, 0.29) is 18.2 Å². The van der Waals surface area contributed by atoms with E-state index in [2.05, 4.69) is 15.4 Å². The highest BCUT2D eigenvalue weighted by Crippen LogP contribution is 2.29. The van der Waals surface area contributed by atoms with E-state index in [1.165, 1.54) is 18.3 Å². The normalized spacial score (nSPS) is 15.9. The summed E-state index contributed by atoms with van der Waals surface area (Å²) in [5, 5.41) is 15.8. The third-order valence-corrected chi connectivity index (χ3v) is 4.76. The van der Waals surface area contributed by atoms with E-state index in [9.17, 15) is 4.39 Å². The average Bonchev–Trinajstić information content (AvgIpc) is 3.17. The van der Waals surface area contributed by atoms with Gasteiger partial charge in [0.1, 0.15) is 12.4 Å². The number of allylic oxidation sites excluding steroid dienone is 1. The topological polar surface area (TPSA) is 102 Å². The Hall–Kier alpha value is -3.68. The Morgan fingerprint density at radius 3 is 3.00 bits per heavy atom. The predicted molar refractivity (Wildman–Crippen MR) is 110 cm³/mol. The first kappa shape index (κ1) is 18.7. The van der Waals surface area contributed by atoms with Gasteiger partial charge in [0, 0.05) is 54.1 Å². The molecule has 4 rings (SSSR count). The van der Waals surface area contributed by atoms with Gasteiger partial charge in [-0.1, -0.05) is 0 Å². The maximum absolute atomic E-state index is 13.9. The van der Waals surface area contributed by atoms with Crippen LogP contribution in [0.15, 0.2) is 48.3 Å². The second kappa shape index (κ2) is 7.75. The number of aromatic nitrogens is 3. The first-order chi connectivity index (χ1) is 14.1. The van der Waals surface area contributed by atoms with Gasteiger partial charge in [-0.05, 0) is 42.8 Å². The highest BCUT2D eigenvalue weighted by molar-refractivity contribution is 5.89. The number of fused-ring (bicyclic) bond motifs is 5. The van der Waals surface area contributed by atoms with Crippen LogP contribution in [0.5, 0.6) is 5.75 Å². The van der Waals surface area contributed by atoms with Crippen molar-refractivity contribution in [1.29, 1.82) is 5.41 Å². The molecule has 7 nitrogen and oxygen atoms in total. The van der Waals surface area contributed by atoms with Gasteiger partial charge in [-0.3, -0.25) is 0 Å². The molecule has 0 aliphatic carbocycles. The SMILES string of the molecule is CCN/C1=C(\C=N)Cc2ccnn2-c2ccc(F)cc2COc2cc1cnc2N. The summed E-state index contributed by atoms with van der Waals surface area (Å²) in [6.07, 6.45) is 5.13. The number of nitrogens with one attached hydrogen (secondary N) is 2. The van der Waals surface area contributed by atoms with Gasteiger partial charge < -0.3 is 21.2 Å². The molecule has 0 spiro atoms. The van der Waals surface area contributed by atoms with Crippen molar-refractivity contribution in [3.8, 4) is 11.4 Å². The van der Waals surface area contributed by atoms with Crippen LogP contribution in [0.3, 0.4) is 0 Å². The number of nitrogen functional groups attached to an aromatic ring is 1. The molecule has 2 aromatic heterocycles. The number of halogens is 1. The number of hydrogen-bond donors (Lipinski definition) is 3. The molecule has 4 N–H and O–H groups in total. The summed E-state index contributed by atoms with van der Waals surface area (Å²) < 4.78 is 21.6. The Bertz CT molecular complexity index is 1100. The van der Waals surface area contributed by atoms with Crippen molar-refractivity contribution >= 4 is 17.7 Å². The zero-order chi connectivity index (χ0) is 20.4. The number of ether oxygens (including phenoxy) is 1. The predicted octanol–water partition coefficient (Wildman–Crippen LogP) is 3.09. The molecule has 148 valence electrons.